The van der Waals surface area contributed by atoms with Gasteiger partial charge in [0, 0.05) is 19.6 Å². The third-order valence-electron chi connectivity index (χ3n) is 3.15. The number of ether oxygens (including phenoxy) is 1. The Kier molecular flexibility index (Phi) is 3.56. The number of rotatable bonds is 3. The number of morpholine rings is 1. The van der Waals surface area contributed by atoms with Crippen molar-refractivity contribution in [2.75, 3.05) is 32.8 Å². The second-order valence-electron chi connectivity index (χ2n) is 4.25. The molecule has 0 aliphatic carbocycles. The molecule has 2 aliphatic rings. The highest BCUT2D eigenvalue weighted by molar-refractivity contribution is 6.05. The highest BCUT2D eigenvalue weighted by atomic mass is 16.5. The molecule has 5 heteroatoms. The number of hydrogen-bond donors (Lipinski definition) is 0. The lowest BCUT2D eigenvalue weighted by Crippen LogP contribution is -2.47. The molecular weight excluding hydrogens is 208 g/mol. The molecule has 5 nitrogen and oxygen atoms in total. The lowest BCUT2D eigenvalue weighted by atomic mass is 10.2. The van der Waals surface area contributed by atoms with Gasteiger partial charge in [0.2, 0.25) is 11.8 Å². The second-order valence-corrected chi connectivity index (χ2v) is 4.25. The summed E-state index contributed by atoms with van der Waals surface area (Å²) in [7, 11) is 0. The quantitative estimate of drug-likeness (QED) is 0.628. The predicted molar refractivity (Wildman–Crippen MR) is 57.8 cm³/mol. The van der Waals surface area contributed by atoms with E-state index in [1.54, 1.807) is 0 Å². The zero-order valence-corrected chi connectivity index (χ0v) is 9.65. The fraction of sp³-hybridized carbons (Fsp3) is 0.818. The zero-order valence-electron chi connectivity index (χ0n) is 9.65. The van der Waals surface area contributed by atoms with Crippen LogP contribution in [-0.2, 0) is 14.3 Å². The maximum Gasteiger partial charge on any atom is 0.247 e. The monoisotopic (exact) mass is 226 g/mol. The van der Waals surface area contributed by atoms with Gasteiger partial charge in [0.1, 0.15) is 0 Å². The second kappa shape index (κ2) is 4.93. The van der Waals surface area contributed by atoms with Crippen molar-refractivity contribution in [3.63, 3.8) is 0 Å². The molecule has 1 atom stereocenters. The first kappa shape index (κ1) is 11.5. The normalized spacial score (nSPS) is 27.8. The molecule has 0 radical (unpaired) electrons. The standard InChI is InChI=1S/C11H18N2O3/c1-2-3-13-10(14)8-9(11(13)15)12-4-6-16-7-5-12/h9H,2-8H2,1H3/t9-/m0/s1. The summed E-state index contributed by atoms with van der Waals surface area (Å²) < 4.78 is 5.24. The molecule has 0 N–H and O–H groups in total. The van der Waals surface area contributed by atoms with Crippen LogP contribution in [0.4, 0.5) is 0 Å². The number of hydrogen-bond acceptors (Lipinski definition) is 4. The molecule has 2 saturated heterocycles. The van der Waals surface area contributed by atoms with Gasteiger partial charge in [-0.3, -0.25) is 19.4 Å². The van der Waals surface area contributed by atoms with Gasteiger partial charge in [-0.05, 0) is 6.42 Å². The molecule has 2 fully saturated rings. The summed E-state index contributed by atoms with van der Waals surface area (Å²) in [6.07, 6.45) is 1.17. The molecule has 2 aliphatic heterocycles. The Balaban J connectivity index is 2.01. The van der Waals surface area contributed by atoms with Crippen molar-refractivity contribution in [3.8, 4) is 0 Å². The fourth-order valence-electron chi connectivity index (χ4n) is 2.30. The highest BCUT2D eigenvalue weighted by Gasteiger charge is 2.41. The minimum Gasteiger partial charge on any atom is -0.379 e. The summed E-state index contributed by atoms with van der Waals surface area (Å²) in [5.74, 6) is -0.0444. The van der Waals surface area contributed by atoms with Gasteiger partial charge in [-0.15, -0.1) is 0 Å². The average molecular weight is 226 g/mol. The van der Waals surface area contributed by atoms with Gasteiger partial charge in [0.05, 0.1) is 25.7 Å². The Morgan fingerprint density at radius 2 is 2.00 bits per heavy atom. The molecule has 2 rings (SSSR count). The molecule has 0 aromatic rings. The Morgan fingerprint density at radius 3 is 2.62 bits per heavy atom. The van der Waals surface area contributed by atoms with Crippen molar-refractivity contribution in [2.45, 2.75) is 25.8 Å². The van der Waals surface area contributed by atoms with Crippen LogP contribution in [0.3, 0.4) is 0 Å². The SMILES string of the molecule is CCCN1C(=O)C[C@H](N2CCOCC2)C1=O. The van der Waals surface area contributed by atoms with E-state index in [2.05, 4.69) is 4.90 Å². The van der Waals surface area contributed by atoms with Gasteiger partial charge in [-0.25, -0.2) is 0 Å². The Hall–Kier alpha value is -0.940. The van der Waals surface area contributed by atoms with Crippen molar-refractivity contribution in [2.24, 2.45) is 0 Å². The van der Waals surface area contributed by atoms with Crippen molar-refractivity contribution in [1.82, 2.24) is 9.80 Å². The summed E-state index contributed by atoms with van der Waals surface area (Å²) in [5.41, 5.74) is 0. The van der Waals surface area contributed by atoms with Crippen LogP contribution in [-0.4, -0.2) is 60.5 Å². The Labute approximate surface area is 95.3 Å². The van der Waals surface area contributed by atoms with Crippen LogP contribution in [0.5, 0.6) is 0 Å². The van der Waals surface area contributed by atoms with E-state index in [0.717, 1.165) is 19.5 Å². The number of amides is 2. The summed E-state index contributed by atoms with van der Waals surface area (Å²) in [5, 5.41) is 0. The smallest absolute Gasteiger partial charge is 0.247 e. The third-order valence-corrected chi connectivity index (χ3v) is 3.15. The van der Waals surface area contributed by atoms with Crippen LogP contribution in [0, 0.1) is 0 Å². The van der Waals surface area contributed by atoms with Crippen LogP contribution in [0.25, 0.3) is 0 Å². The summed E-state index contributed by atoms with van der Waals surface area (Å²) in [4.78, 5) is 27.2. The maximum atomic E-state index is 12.0. The van der Waals surface area contributed by atoms with E-state index in [1.807, 2.05) is 6.92 Å². The maximum absolute atomic E-state index is 12.0. The molecule has 2 amide bonds. The molecule has 0 spiro atoms. The van der Waals surface area contributed by atoms with E-state index in [-0.39, 0.29) is 17.9 Å². The lowest BCUT2D eigenvalue weighted by molar-refractivity contribution is -0.140. The number of nitrogens with zero attached hydrogens (tertiary/aromatic N) is 2. The van der Waals surface area contributed by atoms with E-state index < -0.39 is 0 Å². The van der Waals surface area contributed by atoms with Crippen LogP contribution < -0.4 is 0 Å². The first-order valence-electron chi connectivity index (χ1n) is 5.90. The summed E-state index contributed by atoms with van der Waals surface area (Å²) in [6.45, 7) is 5.35. The largest absolute Gasteiger partial charge is 0.379 e. The molecule has 2 heterocycles. The number of carbonyl (C=O) groups is 2. The minimum atomic E-state index is -0.233. The van der Waals surface area contributed by atoms with E-state index in [0.29, 0.717) is 26.2 Å². The van der Waals surface area contributed by atoms with Crippen LogP contribution in [0.2, 0.25) is 0 Å². The van der Waals surface area contributed by atoms with E-state index >= 15 is 0 Å². The van der Waals surface area contributed by atoms with Gasteiger partial charge in [0.25, 0.3) is 0 Å². The predicted octanol–water partition coefficient (Wildman–Crippen LogP) is -0.144. The van der Waals surface area contributed by atoms with Gasteiger partial charge < -0.3 is 4.74 Å². The van der Waals surface area contributed by atoms with Crippen molar-refractivity contribution in [3.05, 3.63) is 0 Å². The van der Waals surface area contributed by atoms with Crippen LogP contribution >= 0.6 is 0 Å². The van der Waals surface area contributed by atoms with E-state index in [4.69, 9.17) is 4.74 Å². The van der Waals surface area contributed by atoms with Crippen LogP contribution in [0.15, 0.2) is 0 Å². The molecular formula is C11H18N2O3. The molecule has 0 bridgehead atoms. The third kappa shape index (κ3) is 2.10. The molecule has 0 aromatic carbocycles. The molecule has 16 heavy (non-hydrogen) atoms. The zero-order chi connectivity index (χ0) is 11.5. The molecule has 90 valence electrons. The Morgan fingerprint density at radius 1 is 1.31 bits per heavy atom. The fourth-order valence-corrected chi connectivity index (χ4v) is 2.30. The summed E-state index contributed by atoms with van der Waals surface area (Å²) >= 11 is 0. The topological polar surface area (TPSA) is 49.9 Å². The van der Waals surface area contributed by atoms with Gasteiger partial charge in [-0.1, -0.05) is 6.92 Å². The minimum absolute atomic E-state index is 0.0197. The van der Waals surface area contributed by atoms with Gasteiger partial charge in [0.15, 0.2) is 0 Å². The highest BCUT2D eigenvalue weighted by Crippen LogP contribution is 2.19. The average Bonchev–Trinajstić information content (AvgIpc) is 2.59. The lowest BCUT2D eigenvalue weighted by Gasteiger charge is -2.30. The molecule has 0 aromatic heterocycles. The van der Waals surface area contributed by atoms with Crippen molar-refractivity contribution < 1.29 is 14.3 Å². The Bertz CT molecular complexity index is 287. The summed E-state index contributed by atoms with van der Waals surface area (Å²) in [6, 6.07) is -0.233. The number of likely N-dealkylation sites (tertiary alicyclic amines) is 1. The van der Waals surface area contributed by atoms with Crippen molar-refractivity contribution >= 4 is 11.8 Å². The first-order valence-corrected chi connectivity index (χ1v) is 5.90. The van der Waals surface area contributed by atoms with Gasteiger partial charge >= 0.3 is 0 Å². The van der Waals surface area contributed by atoms with Gasteiger partial charge in [-0.2, -0.15) is 0 Å². The van der Waals surface area contributed by atoms with Crippen LogP contribution in [0.1, 0.15) is 19.8 Å². The molecule has 0 unspecified atom stereocenters. The number of imide groups is 1. The first-order chi connectivity index (χ1) is 7.74. The van der Waals surface area contributed by atoms with E-state index in [1.165, 1.54) is 4.90 Å². The number of carbonyl (C=O) groups excluding carboxylic acids is 2. The molecule has 0 saturated carbocycles. The van der Waals surface area contributed by atoms with E-state index in [9.17, 15) is 9.59 Å². The van der Waals surface area contributed by atoms with Crippen molar-refractivity contribution in [1.29, 1.82) is 0 Å².